The molecule has 5 heteroatoms. The van der Waals surface area contributed by atoms with E-state index >= 15 is 0 Å². The van der Waals surface area contributed by atoms with Crippen LogP contribution in [-0.2, 0) is 6.54 Å². The van der Waals surface area contributed by atoms with Crippen LogP contribution < -0.4 is 0 Å². The van der Waals surface area contributed by atoms with Crippen LogP contribution in [0.25, 0.3) is 0 Å². The standard InChI is InChI=1S/C12H16N2O3/c1-9(2)14(7-3-6-13)8-10-4-5-11(17-10)12(15)16/h4-5,9H,3,7-8H2,1-2H3,(H,15,16). The summed E-state index contributed by atoms with van der Waals surface area (Å²) in [5, 5.41) is 17.3. The molecule has 5 nitrogen and oxygen atoms in total. The van der Waals surface area contributed by atoms with Crippen LogP contribution in [0.4, 0.5) is 0 Å². The zero-order chi connectivity index (χ0) is 12.8. The van der Waals surface area contributed by atoms with Crippen molar-refractivity contribution in [1.82, 2.24) is 4.90 Å². The minimum absolute atomic E-state index is 0.0519. The third-order valence-corrected chi connectivity index (χ3v) is 2.47. The molecular formula is C12H16N2O3. The lowest BCUT2D eigenvalue weighted by Crippen LogP contribution is -2.31. The fourth-order valence-electron chi connectivity index (χ4n) is 1.49. The molecule has 0 aliphatic rings. The molecule has 1 N–H and O–H groups in total. The molecular weight excluding hydrogens is 220 g/mol. The van der Waals surface area contributed by atoms with Gasteiger partial charge in [-0.05, 0) is 26.0 Å². The number of rotatable bonds is 6. The van der Waals surface area contributed by atoms with E-state index in [1.165, 1.54) is 6.07 Å². The van der Waals surface area contributed by atoms with Gasteiger partial charge in [0.25, 0.3) is 0 Å². The van der Waals surface area contributed by atoms with Crippen LogP contribution >= 0.6 is 0 Å². The topological polar surface area (TPSA) is 77.5 Å². The van der Waals surface area contributed by atoms with Crippen LogP contribution in [0.15, 0.2) is 16.5 Å². The lowest BCUT2D eigenvalue weighted by atomic mass is 10.2. The van der Waals surface area contributed by atoms with E-state index in [0.29, 0.717) is 25.3 Å². The lowest BCUT2D eigenvalue weighted by molar-refractivity contribution is 0.0657. The first-order valence-corrected chi connectivity index (χ1v) is 5.47. The first-order chi connectivity index (χ1) is 8.04. The van der Waals surface area contributed by atoms with E-state index in [1.807, 2.05) is 13.8 Å². The fourth-order valence-corrected chi connectivity index (χ4v) is 1.49. The predicted octanol–water partition coefficient (Wildman–Crippen LogP) is 2.10. The summed E-state index contributed by atoms with van der Waals surface area (Å²) in [7, 11) is 0. The summed E-state index contributed by atoms with van der Waals surface area (Å²) in [6.45, 7) is 5.22. The Hall–Kier alpha value is -1.80. The summed E-state index contributed by atoms with van der Waals surface area (Å²) < 4.78 is 5.18. The van der Waals surface area contributed by atoms with E-state index in [2.05, 4.69) is 11.0 Å². The average Bonchev–Trinajstić information content (AvgIpc) is 2.72. The lowest BCUT2D eigenvalue weighted by Gasteiger charge is -2.24. The van der Waals surface area contributed by atoms with Gasteiger partial charge in [-0.1, -0.05) is 0 Å². The number of furan rings is 1. The van der Waals surface area contributed by atoms with Crippen molar-refractivity contribution in [2.75, 3.05) is 6.54 Å². The molecule has 17 heavy (non-hydrogen) atoms. The first kappa shape index (κ1) is 13.3. The Labute approximate surface area is 100 Å². The molecule has 0 bridgehead atoms. The van der Waals surface area contributed by atoms with Gasteiger partial charge in [-0.3, -0.25) is 4.90 Å². The SMILES string of the molecule is CC(C)N(CCC#N)Cc1ccc(C(=O)O)o1. The minimum atomic E-state index is -1.07. The van der Waals surface area contributed by atoms with Crippen molar-refractivity contribution < 1.29 is 14.3 Å². The van der Waals surface area contributed by atoms with Crippen LogP contribution in [0.3, 0.4) is 0 Å². The Morgan fingerprint density at radius 1 is 1.59 bits per heavy atom. The molecule has 0 aromatic carbocycles. The number of nitrogens with zero attached hydrogens (tertiary/aromatic N) is 2. The van der Waals surface area contributed by atoms with Crippen molar-refractivity contribution in [2.45, 2.75) is 32.9 Å². The van der Waals surface area contributed by atoms with E-state index in [1.54, 1.807) is 6.07 Å². The Bertz CT molecular complexity index is 418. The predicted molar refractivity (Wildman–Crippen MR) is 61.4 cm³/mol. The Morgan fingerprint density at radius 2 is 2.29 bits per heavy atom. The van der Waals surface area contributed by atoms with E-state index in [-0.39, 0.29) is 11.8 Å². The molecule has 1 aromatic rings. The third-order valence-electron chi connectivity index (χ3n) is 2.47. The van der Waals surface area contributed by atoms with Crippen LogP contribution in [0.5, 0.6) is 0 Å². The quantitative estimate of drug-likeness (QED) is 0.818. The summed E-state index contributed by atoms with van der Waals surface area (Å²) in [5.41, 5.74) is 0. The van der Waals surface area contributed by atoms with Gasteiger partial charge in [0.15, 0.2) is 0 Å². The Kier molecular flexibility index (Phi) is 4.73. The van der Waals surface area contributed by atoms with Gasteiger partial charge in [-0.15, -0.1) is 0 Å². The minimum Gasteiger partial charge on any atom is -0.475 e. The van der Waals surface area contributed by atoms with Gasteiger partial charge in [0.05, 0.1) is 12.6 Å². The van der Waals surface area contributed by atoms with Gasteiger partial charge in [0.2, 0.25) is 5.76 Å². The second-order valence-corrected chi connectivity index (χ2v) is 4.04. The zero-order valence-corrected chi connectivity index (χ0v) is 10.0. The maximum absolute atomic E-state index is 10.7. The second kappa shape index (κ2) is 6.06. The number of hydrogen-bond acceptors (Lipinski definition) is 4. The summed E-state index contributed by atoms with van der Waals surface area (Å²) in [6.07, 6.45) is 0.449. The molecule has 0 saturated heterocycles. The van der Waals surface area contributed by atoms with E-state index < -0.39 is 5.97 Å². The highest BCUT2D eigenvalue weighted by Gasteiger charge is 2.14. The number of aromatic carboxylic acids is 1. The monoisotopic (exact) mass is 236 g/mol. The maximum atomic E-state index is 10.7. The van der Waals surface area contributed by atoms with Crippen molar-refractivity contribution in [3.63, 3.8) is 0 Å². The summed E-state index contributed by atoms with van der Waals surface area (Å²) in [6, 6.07) is 5.48. The smallest absolute Gasteiger partial charge is 0.371 e. The van der Waals surface area contributed by atoms with Gasteiger partial charge < -0.3 is 9.52 Å². The van der Waals surface area contributed by atoms with Crippen LogP contribution in [0, 0.1) is 11.3 Å². The Balaban J connectivity index is 2.65. The van der Waals surface area contributed by atoms with Gasteiger partial charge in [-0.2, -0.15) is 5.26 Å². The Morgan fingerprint density at radius 3 is 2.76 bits per heavy atom. The number of hydrogen-bond donors (Lipinski definition) is 1. The first-order valence-electron chi connectivity index (χ1n) is 5.47. The molecule has 0 atom stereocenters. The molecule has 0 aliphatic carbocycles. The zero-order valence-electron chi connectivity index (χ0n) is 10.0. The molecule has 0 saturated carbocycles. The van der Waals surface area contributed by atoms with E-state index in [4.69, 9.17) is 14.8 Å². The number of carbonyl (C=O) groups is 1. The summed E-state index contributed by atoms with van der Waals surface area (Å²) >= 11 is 0. The summed E-state index contributed by atoms with van der Waals surface area (Å²) in [5.74, 6) is -0.512. The number of carboxylic acids is 1. The number of carboxylic acid groups (broad SMARTS) is 1. The van der Waals surface area contributed by atoms with Crippen molar-refractivity contribution in [3.05, 3.63) is 23.7 Å². The van der Waals surface area contributed by atoms with Crippen molar-refractivity contribution >= 4 is 5.97 Å². The molecule has 0 fully saturated rings. The molecule has 0 amide bonds. The molecule has 0 radical (unpaired) electrons. The van der Waals surface area contributed by atoms with E-state index in [9.17, 15) is 4.79 Å². The maximum Gasteiger partial charge on any atom is 0.371 e. The highest BCUT2D eigenvalue weighted by Crippen LogP contribution is 2.12. The van der Waals surface area contributed by atoms with Crippen LogP contribution in [0.2, 0.25) is 0 Å². The van der Waals surface area contributed by atoms with Crippen LogP contribution in [0.1, 0.15) is 36.6 Å². The normalized spacial score (nSPS) is 10.8. The molecule has 92 valence electrons. The highest BCUT2D eigenvalue weighted by molar-refractivity contribution is 5.84. The largest absolute Gasteiger partial charge is 0.475 e. The van der Waals surface area contributed by atoms with Crippen molar-refractivity contribution in [2.24, 2.45) is 0 Å². The molecule has 0 aliphatic heterocycles. The summed E-state index contributed by atoms with van der Waals surface area (Å²) in [4.78, 5) is 12.7. The number of nitriles is 1. The molecule has 1 heterocycles. The molecule has 0 unspecified atom stereocenters. The molecule has 1 rings (SSSR count). The molecule has 1 aromatic heterocycles. The van der Waals surface area contributed by atoms with Crippen LogP contribution in [-0.4, -0.2) is 28.6 Å². The third kappa shape index (κ3) is 3.93. The fraction of sp³-hybridized carbons (Fsp3) is 0.500. The average molecular weight is 236 g/mol. The van der Waals surface area contributed by atoms with E-state index in [0.717, 1.165) is 0 Å². The second-order valence-electron chi connectivity index (χ2n) is 4.04. The van der Waals surface area contributed by atoms with Gasteiger partial charge in [-0.25, -0.2) is 4.79 Å². The highest BCUT2D eigenvalue weighted by atomic mass is 16.4. The molecule has 0 spiro atoms. The van der Waals surface area contributed by atoms with Gasteiger partial charge >= 0.3 is 5.97 Å². The van der Waals surface area contributed by atoms with Gasteiger partial charge in [0, 0.05) is 19.0 Å². The van der Waals surface area contributed by atoms with Crippen molar-refractivity contribution in [1.29, 1.82) is 5.26 Å². The van der Waals surface area contributed by atoms with Crippen molar-refractivity contribution in [3.8, 4) is 6.07 Å². The van der Waals surface area contributed by atoms with Gasteiger partial charge in [0.1, 0.15) is 5.76 Å².